The minimum Gasteiger partial charge on any atom is -0.335 e. The second-order valence-corrected chi connectivity index (χ2v) is 8.91. The van der Waals surface area contributed by atoms with Crippen molar-refractivity contribution in [2.24, 2.45) is 0 Å². The summed E-state index contributed by atoms with van der Waals surface area (Å²) in [6, 6.07) is 14.2. The monoisotopic (exact) mass is 424 g/mol. The molecule has 7 heteroatoms. The Labute approximate surface area is 157 Å². The summed E-state index contributed by atoms with van der Waals surface area (Å²) < 4.78 is 26.4. The number of hydrogen-bond donors (Lipinski definition) is 0. The Morgan fingerprint density at radius 3 is 2.20 bits per heavy atom. The first kappa shape index (κ1) is 19.6. The first-order chi connectivity index (χ1) is 11.7. The summed E-state index contributed by atoms with van der Waals surface area (Å²) in [4.78, 5) is 14.5. The molecule has 0 bridgehead atoms. The molecule has 0 aliphatic carbocycles. The highest BCUT2D eigenvalue weighted by Crippen LogP contribution is 2.27. The largest absolute Gasteiger partial charge is 0.335 e. The van der Waals surface area contributed by atoms with Gasteiger partial charge in [0.05, 0.1) is 10.9 Å². The van der Waals surface area contributed by atoms with Gasteiger partial charge in [-0.3, -0.25) is 4.79 Å². The van der Waals surface area contributed by atoms with E-state index in [9.17, 15) is 13.2 Å². The molecule has 0 fully saturated rings. The Morgan fingerprint density at radius 1 is 1.04 bits per heavy atom. The highest BCUT2D eigenvalue weighted by Gasteiger charge is 2.24. The zero-order valence-electron chi connectivity index (χ0n) is 14.6. The third-order valence-corrected chi connectivity index (χ3v) is 6.93. The summed E-state index contributed by atoms with van der Waals surface area (Å²) in [6.07, 6.45) is 0. The predicted molar refractivity (Wildman–Crippen MR) is 102 cm³/mol. The molecule has 1 amide bonds. The van der Waals surface area contributed by atoms with Crippen molar-refractivity contribution in [3.63, 3.8) is 0 Å². The summed E-state index contributed by atoms with van der Waals surface area (Å²) in [7, 11) is 0.981. The van der Waals surface area contributed by atoms with Gasteiger partial charge in [-0.1, -0.05) is 30.3 Å². The molecule has 2 aromatic carbocycles. The summed E-state index contributed by atoms with van der Waals surface area (Å²) in [5, 5.41) is 0. The average Bonchev–Trinajstić information content (AvgIpc) is 2.60. The number of nitrogens with zero attached hydrogens (tertiary/aromatic N) is 2. The Kier molecular flexibility index (Phi) is 6.03. The lowest BCUT2D eigenvalue weighted by Crippen LogP contribution is -2.30. The van der Waals surface area contributed by atoms with Crippen LogP contribution < -0.4 is 0 Å². The third kappa shape index (κ3) is 4.11. The zero-order chi connectivity index (χ0) is 18.8. The molecular formula is C18H21BrN2O3S. The van der Waals surface area contributed by atoms with Gasteiger partial charge in [0.25, 0.3) is 5.91 Å². The molecule has 25 heavy (non-hydrogen) atoms. The quantitative estimate of drug-likeness (QED) is 0.737. The van der Waals surface area contributed by atoms with Crippen LogP contribution in [0.2, 0.25) is 0 Å². The van der Waals surface area contributed by atoms with Gasteiger partial charge < -0.3 is 4.90 Å². The third-order valence-electron chi connectivity index (χ3n) is 4.12. The minimum atomic E-state index is -3.65. The molecule has 0 aromatic heterocycles. The molecule has 2 rings (SSSR count). The van der Waals surface area contributed by atoms with E-state index in [0.717, 1.165) is 9.87 Å². The highest BCUT2D eigenvalue weighted by atomic mass is 79.9. The van der Waals surface area contributed by atoms with Crippen LogP contribution in [0.4, 0.5) is 0 Å². The normalized spacial score (nSPS) is 12.9. The van der Waals surface area contributed by atoms with Crippen molar-refractivity contribution in [3.05, 3.63) is 64.1 Å². The van der Waals surface area contributed by atoms with E-state index in [0.29, 0.717) is 10.0 Å². The van der Waals surface area contributed by atoms with Crippen LogP contribution in [0.25, 0.3) is 0 Å². The van der Waals surface area contributed by atoms with Crippen LogP contribution in [0, 0.1) is 0 Å². The molecule has 0 saturated carbocycles. The van der Waals surface area contributed by atoms with Crippen LogP contribution in [0.3, 0.4) is 0 Å². The lowest BCUT2D eigenvalue weighted by molar-refractivity contribution is 0.0742. The predicted octanol–water partition coefficient (Wildman–Crippen LogP) is 3.53. The number of halogens is 1. The van der Waals surface area contributed by atoms with Crippen LogP contribution in [0.15, 0.2) is 57.9 Å². The van der Waals surface area contributed by atoms with Crippen molar-refractivity contribution >= 4 is 31.9 Å². The number of carbonyl (C=O) groups is 1. The Hall–Kier alpha value is -1.70. The van der Waals surface area contributed by atoms with Gasteiger partial charge in [-0.25, -0.2) is 12.7 Å². The second-order valence-electron chi connectivity index (χ2n) is 5.94. The van der Waals surface area contributed by atoms with E-state index in [1.54, 1.807) is 24.1 Å². The first-order valence-electron chi connectivity index (χ1n) is 7.70. The van der Waals surface area contributed by atoms with Crippen molar-refractivity contribution in [2.75, 3.05) is 21.1 Å². The molecule has 5 nitrogen and oxygen atoms in total. The fourth-order valence-electron chi connectivity index (χ4n) is 2.37. The van der Waals surface area contributed by atoms with E-state index in [1.165, 1.54) is 20.2 Å². The maximum atomic E-state index is 12.8. The maximum Gasteiger partial charge on any atom is 0.254 e. The summed E-state index contributed by atoms with van der Waals surface area (Å²) >= 11 is 3.26. The van der Waals surface area contributed by atoms with E-state index < -0.39 is 10.0 Å². The first-order valence-corrected chi connectivity index (χ1v) is 9.93. The molecule has 134 valence electrons. The second kappa shape index (κ2) is 7.68. The molecule has 0 radical (unpaired) electrons. The lowest BCUT2D eigenvalue weighted by atomic mass is 10.1. The van der Waals surface area contributed by atoms with Crippen LogP contribution >= 0.6 is 15.9 Å². The van der Waals surface area contributed by atoms with Crippen LogP contribution in [-0.2, 0) is 10.0 Å². The van der Waals surface area contributed by atoms with Crippen molar-refractivity contribution in [1.82, 2.24) is 9.21 Å². The van der Waals surface area contributed by atoms with Crippen molar-refractivity contribution in [1.29, 1.82) is 0 Å². The fraction of sp³-hybridized carbons (Fsp3) is 0.278. The van der Waals surface area contributed by atoms with Crippen LogP contribution in [0.5, 0.6) is 0 Å². The number of sulfonamides is 1. The number of rotatable bonds is 5. The van der Waals surface area contributed by atoms with Crippen LogP contribution in [0.1, 0.15) is 28.9 Å². The molecule has 0 unspecified atom stereocenters. The summed E-state index contributed by atoms with van der Waals surface area (Å²) in [6.45, 7) is 1.93. The van der Waals surface area contributed by atoms with Gasteiger partial charge in [0.1, 0.15) is 0 Å². The van der Waals surface area contributed by atoms with E-state index in [-0.39, 0.29) is 16.8 Å². The fourth-order valence-corrected chi connectivity index (χ4v) is 4.21. The molecule has 0 aliphatic heterocycles. The van der Waals surface area contributed by atoms with Crippen LogP contribution in [-0.4, -0.2) is 44.7 Å². The van der Waals surface area contributed by atoms with Crippen molar-refractivity contribution < 1.29 is 13.2 Å². The van der Waals surface area contributed by atoms with Gasteiger partial charge in [-0.15, -0.1) is 0 Å². The molecule has 1 atom stereocenters. The van der Waals surface area contributed by atoms with E-state index in [1.807, 2.05) is 37.3 Å². The average molecular weight is 425 g/mol. The van der Waals surface area contributed by atoms with Gasteiger partial charge in [0.15, 0.2) is 0 Å². The Balaban J connectivity index is 2.37. The van der Waals surface area contributed by atoms with Gasteiger partial charge in [0.2, 0.25) is 10.0 Å². The van der Waals surface area contributed by atoms with Gasteiger partial charge in [-0.05, 0) is 46.6 Å². The molecule has 0 N–H and O–H groups in total. The van der Waals surface area contributed by atoms with E-state index in [2.05, 4.69) is 15.9 Å². The maximum absolute atomic E-state index is 12.8. The Morgan fingerprint density at radius 2 is 1.64 bits per heavy atom. The Bertz CT molecular complexity index is 867. The number of hydrogen-bond acceptors (Lipinski definition) is 3. The molecule has 0 saturated heterocycles. The summed E-state index contributed by atoms with van der Waals surface area (Å²) in [5.74, 6) is -0.237. The zero-order valence-corrected chi connectivity index (χ0v) is 17.0. The van der Waals surface area contributed by atoms with Gasteiger partial charge >= 0.3 is 0 Å². The topological polar surface area (TPSA) is 57.7 Å². The van der Waals surface area contributed by atoms with Crippen molar-refractivity contribution in [2.45, 2.75) is 17.9 Å². The number of carbonyl (C=O) groups excluding carboxylic acids is 1. The minimum absolute atomic E-state index is 0.0733. The summed E-state index contributed by atoms with van der Waals surface area (Å²) in [5.41, 5.74) is 1.34. The molecule has 0 spiro atoms. The SMILES string of the molecule is C[C@@H](c1ccccc1)N(C)C(=O)c1ccc(Br)c(S(=O)(=O)N(C)C)c1. The highest BCUT2D eigenvalue weighted by molar-refractivity contribution is 9.10. The molecular weight excluding hydrogens is 404 g/mol. The lowest BCUT2D eigenvalue weighted by Gasteiger charge is -2.26. The molecule has 0 aliphatic rings. The van der Waals surface area contributed by atoms with E-state index >= 15 is 0 Å². The smallest absolute Gasteiger partial charge is 0.254 e. The van der Waals surface area contributed by atoms with Gasteiger partial charge in [-0.2, -0.15) is 0 Å². The van der Waals surface area contributed by atoms with E-state index in [4.69, 9.17) is 0 Å². The number of amides is 1. The number of benzene rings is 2. The van der Waals surface area contributed by atoms with Gasteiger partial charge in [0, 0.05) is 31.2 Å². The molecule has 0 heterocycles. The molecule has 2 aromatic rings. The van der Waals surface area contributed by atoms with Crippen molar-refractivity contribution in [3.8, 4) is 0 Å². The standard InChI is InChI=1S/C18H21BrN2O3S/c1-13(14-8-6-5-7-9-14)21(4)18(22)15-10-11-16(19)17(12-15)25(23,24)20(2)3/h5-13H,1-4H3/t13-/m0/s1.